The van der Waals surface area contributed by atoms with Crippen LogP contribution in [0.25, 0.3) is 0 Å². The maximum atomic E-state index is 9.94. The van der Waals surface area contributed by atoms with Gasteiger partial charge in [-0.2, -0.15) is 0 Å². The molecule has 0 aliphatic rings. The molecule has 0 saturated heterocycles. The van der Waals surface area contributed by atoms with Gasteiger partial charge in [-0.3, -0.25) is 10.4 Å². The van der Waals surface area contributed by atoms with Crippen LogP contribution in [0, 0.1) is 5.21 Å². The molecule has 0 aliphatic carbocycles. The van der Waals surface area contributed by atoms with E-state index in [1.165, 1.54) is 14.1 Å². The third kappa shape index (κ3) is 5.80. The van der Waals surface area contributed by atoms with Crippen LogP contribution in [0.15, 0.2) is 0 Å². The Morgan fingerprint density at radius 1 is 1.86 bits per heavy atom. The van der Waals surface area contributed by atoms with E-state index >= 15 is 0 Å². The van der Waals surface area contributed by atoms with Gasteiger partial charge in [0.2, 0.25) is 0 Å². The first-order valence-corrected chi connectivity index (χ1v) is 1.82. The molecule has 0 amide bonds. The molecular weight excluding hydrogens is 98.0 g/mol. The van der Waals surface area contributed by atoms with E-state index in [4.69, 9.17) is 5.21 Å². The van der Waals surface area contributed by atoms with E-state index < -0.39 is 0 Å². The van der Waals surface area contributed by atoms with E-state index in [2.05, 4.69) is 5.53 Å². The molecule has 0 aromatic heterocycles. The van der Waals surface area contributed by atoms with Crippen molar-refractivity contribution >= 4 is 0 Å². The van der Waals surface area contributed by atoms with Crippen molar-refractivity contribution < 1.29 is 10.4 Å². The van der Waals surface area contributed by atoms with Crippen LogP contribution in [0.1, 0.15) is 0 Å². The molecule has 5 nitrogen and oxygen atoms in total. The Kier molecular flexibility index (Phi) is 2.81. The molecule has 0 rings (SSSR count). The molecule has 0 bridgehead atoms. The number of nitrogens with one attached hydrogen (secondary N) is 2. The predicted octanol–water partition coefficient (Wildman–Crippen LogP) is -2.26. The van der Waals surface area contributed by atoms with Crippen molar-refractivity contribution in [1.82, 2.24) is 10.7 Å². The zero-order chi connectivity index (χ0) is 5.86. The molecule has 1 atom stereocenters. The standard InChI is InChI=1S/C2H9N3O2/c1-4(6)3-5(2)7/h3-4,7H,1-2H3. The molecule has 0 spiro atoms. The molecule has 44 valence electrons. The van der Waals surface area contributed by atoms with Gasteiger partial charge in [-0.05, 0) is 0 Å². The zero-order valence-electron chi connectivity index (χ0n) is 4.30. The summed E-state index contributed by atoms with van der Waals surface area (Å²) in [7, 11) is 2.63. The van der Waals surface area contributed by atoms with Gasteiger partial charge in [0.25, 0.3) is 0 Å². The number of hydrazine groups is 1. The minimum absolute atomic E-state index is 0.287. The Morgan fingerprint density at radius 2 is 2.29 bits per heavy atom. The van der Waals surface area contributed by atoms with E-state index in [1.54, 1.807) is 0 Å². The van der Waals surface area contributed by atoms with Gasteiger partial charge in [-0.15, -0.1) is 0 Å². The van der Waals surface area contributed by atoms with E-state index in [0.717, 1.165) is 0 Å². The fourth-order valence-corrected chi connectivity index (χ4v) is 0.228. The molecule has 0 saturated carbocycles. The van der Waals surface area contributed by atoms with E-state index in [-0.39, 0.29) is 5.17 Å². The van der Waals surface area contributed by atoms with Crippen molar-refractivity contribution in [3.8, 4) is 0 Å². The molecule has 1 unspecified atom stereocenters. The second-order valence-corrected chi connectivity index (χ2v) is 1.19. The minimum Gasteiger partial charge on any atom is -0.612 e. The van der Waals surface area contributed by atoms with Crippen LogP contribution in [-0.2, 0) is 0 Å². The quantitative estimate of drug-likeness (QED) is 0.348. The van der Waals surface area contributed by atoms with Crippen molar-refractivity contribution in [1.29, 1.82) is 0 Å². The summed E-state index contributed by atoms with van der Waals surface area (Å²) in [6, 6.07) is 0. The second kappa shape index (κ2) is 2.89. The van der Waals surface area contributed by atoms with Crippen LogP contribution < -0.4 is 10.7 Å². The number of quaternary nitrogens is 1. The first-order chi connectivity index (χ1) is 3.13. The fraction of sp³-hybridized carbons (Fsp3) is 1.00. The number of hydrogen-bond acceptors (Lipinski definition) is 4. The van der Waals surface area contributed by atoms with Gasteiger partial charge in [0.1, 0.15) is 0 Å². The average Bonchev–Trinajstić information content (AvgIpc) is 1.27. The Morgan fingerprint density at radius 3 is 2.29 bits per heavy atom. The highest BCUT2D eigenvalue weighted by atomic mass is 16.6. The van der Waals surface area contributed by atoms with Crippen molar-refractivity contribution in [3.63, 3.8) is 0 Å². The maximum absolute atomic E-state index is 9.94. The zero-order valence-corrected chi connectivity index (χ0v) is 4.30. The smallest absolute Gasteiger partial charge is 0.0851 e. The van der Waals surface area contributed by atoms with Gasteiger partial charge in [-0.25, -0.2) is 0 Å². The number of nitrogens with zero attached hydrogens (tertiary/aromatic N) is 1. The van der Waals surface area contributed by atoms with E-state index in [1.807, 2.05) is 0 Å². The normalized spacial score (nSPS) is 15.0. The first-order valence-electron chi connectivity index (χ1n) is 1.82. The molecule has 3 N–H and O–H groups in total. The molecule has 7 heavy (non-hydrogen) atoms. The largest absolute Gasteiger partial charge is 0.612 e. The van der Waals surface area contributed by atoms with Gasteiger partial charge >= 0.3 is 0 Å². The topological polar surface area (TPSA) is 63.0 Å². The summed E-state index contributed by atoms with van der Waals surface area (Å²) in [5.74, 6) is 0. The molecule has 0 aromatic carbocycles. The van der Waals surface area contributed by atoms with E-state index in [0.29, 0.717) is 5.17 Å². The summed E-state index contributed by atoms with van der Waals surface area (Å²) < 4.78 is 0. The maximum Gasteiger partial charge on any atom is 0.0851 e. The second-order valence-electron chi connectivity index (χ2n) is 1.19. The van der Waals surface area contributed by atoms with Crippen LogP contribution in [0.5, 0.6) is 0 Å². The summed E-state index contributed by atoms with van der Waals surface area (Å²) in [5.41, 5.74) is 2.06. The first kappa shape index (κ1) is 6.80. The molecule has 5 heteroatoms. The molecule has 0 aliphatic heterocycles. The summed E-state index contributed by atoms with van der Waals surface area (Å²) >= 11 is 0. The van der Waals surface area contributed by atoms with Gasteiger partial charge in [0, 0.05) is 7.05 Å². The average molecular weight is 107 g/mol. The molecular formula is C2H9N3O2. The summed E-state index contributed by atoms with van der Waals surface area (Å²) in [4.78, 5) is 0. The SMILES string of the molecule is CN(O)N[NH+](C)[O-]. The van der Waals surface area contributed by atoms with Gasteiger partial charge < -0.3 is 5.21 Å². The lowest BCUT2D eigenvalue weighted by Gasteiger charge is -2.18. The third-order valence-corrected chi connectivity index (χ3v) is 0.319. The Hall–Kier alpha value is -0.200. The number of hydrogen-bond donors (Lipinski definition) is 3. The summed E-state index contributed by atoms with van der Waals surface area (Å²) in [6.45, 7) is 0. The molecule has 0 aromatic rings. The molecule has 0 fully saturated rings. The van der Waals surface area contributed by atoms with Crippen molar-refractivity contribution in [2.24, 2.45) is 0 Å². The molecule has 0 radical (unpaired) electrons. The number of rotatable bonds is 2. The van der Waals surface area contributed by atoms with Crippen LogP contribution in [0.2, 0.25) is 0 Å². The lowest BCUT2D eigenvalue weighted by Crippen LogP contribution is -3.12. The minimum atomic E-state index is -0.287. The van der Waals surface area contributed by atoms with Gasteiger partial charge in [-0.1, -0.05) is 10.7 Å². The lowest BCUT2D eigenvalue weighted by atomic mass is 11.4. The van der Waals surface area contributed by atoms with Crippen molar-refractivity contribution in [2.45, 2.75) is 0 Å². The molecule has 0 heterocycles. The van der Waals surface area contributed by atoms with Crippen molar-refractivity contribution in [2.75, 3.05) is 14.1 Å². The third-order valence-electron chi connectivity index (χ3n) is 0.319. The summed E-state index contributed by atoms with van der Waals surface area (Å²) in [5, 5.41) is 18.5. The lowest BCUT2D eigenvalue weighted by molar-refractivity contribution is -0.901. The Balaban J connectivity index is 2.95. The monoisotopic (exact) mass is 107 g/mol. The Bertz CT molecular complexity index is 40.2. The highest BCUT2D eigenvalue weighted by Crippen LogP contribution is 1.46. The van der Waals surface area contributed by atoms with Gasteiger partial charge in [0.05, 0.1) is 7.05 Å². The predicted molar refractivity (Wildman–Crippen MR) is 22.9 cm³/mol. The van der Waals surface area contributed by atoms with Crippen LogP contribution in [0.4, 0.5) is 0 Å². The fourth-order valence-electron chi connectivity index (χ4n) is 0.228. The van der Waals surface area contributed by atoms with Crippen molar-refractivity contribution in [3.05, 3.63) is 5.21 Å². The van der Waals surface area contributed by atoms with Crippen LogP contribution in [-0.4, -0.2) is 24.5 Å². The highest BCUT2D eigenvalue weighted by Gasteiger charge is 1.86. The summed E-state index contributed by atoms with van der Waals surface area (Å²) in [6.07, 6.45) is 0. The van der Waals surface area contributed by atoms with Crippen LogP contribution in [0.3, 0.4) is 0 Å². The van der Waals surface area contributed by atoms with Crippen LogP contribution >= 0.6 is 0 Å². The van der Waals surface area contributed by atoms with Gasteiger partial charge in [0.15, 0.2) is 0 Å². The van der Waals surface area contributed by atoms with E-state index in [9.17, 15) is 5.21 Å². The highest BCUT2D eigenvalue weighted by molar-refractivity contribution is 3.95. The Labute approximate surface area is 41.6 Å². The number of hydroxylamine groups is 2.